The van der Waals surface area contributed by atoms with Crippen LogP contribution in [0.1, 0.15) is 13.3 Å². The molecule has 1 aromatic carbocycles. The average Bonchev–Trinajstić information content (AvgIpc) is 2.31. The van der Waals surface area contributed by atoms with Crippen LogP contribution in [0.5, 0.6) is 0 Å². The van der Waals surface area contributed by atoms with Gasteiger partial charge in [0, 0.05) is 24.0 Å². The molecular weight excluding hydrogens is 214 g/mol. The lowest BCUT2D eigenvalue weighted by Gasteiger charge is -2.19. The minimum absolute atomic E-state index is 0.568. The molecule has 0 aliphatic heterocycles. The molecule has 0 bridgehead atoms. The predicted molar refractivity (Wildman–Crippen MR) is 72.4 cm³/mol. The lowest BCUT2D eigenvalue weighted by atomic mass is 10.2. The van der Waals surface area contributed by atoms with E-state index in [0.29, 0.717) is 12.5 Å². The van der Waals surface area contributed by atoms with Crippen LogP contribution in [0.15, 0.2) is 24.3 Å². The molecule has 0 spiro atoms. The first-order valence-electron chi connectivity index (χ1n) is 5.84. The van der Waals surface area contributed by atoms with E-state index in [1.807, 2.05) is 24.3 Å². The van der Waals surface area contributed by atoms with Crippen molar-refractivity contribution in [3.05, 3.63) is 24.3 Å². The fourth-order valence-corrected chi connectivity index (χ4v) is 1.44. The number of anilines is 2. The Morgan fingerprint density at radius 1 is 1.24 bits per heavy atom. The molecule has 0 aromatic heterocycles. The van der Waals surface area contributed by atoms with Gasteiger partial charge in [0.15, 0.2) is 0 Å². The molecule has 2 N–H and O–H groups in total. The zero-order valence-electron chi connectivity index (χ0n) is 10.7. The van der Waals surface area contributed by atoms with Crippen molar-refractivity contribution in [3.63, 3.8) is 0 Å². The second-order valence-electron chi connectivity index (χ2n) is 4.37. The molecular formula is C13H21N3O. The molecule has 0 heterocycles. The zero-order chi connectivity index (χ0) is 12.7. The van der Waals surface area contributed by atoms with Crippen molar-refractivity contribution in [2.75, 3.05) is 31.3 Å². The predicted octanol–water partition coefficient (Wildman–Crippen LogP) is 2.01. The van der Waals surface area contributed by atoms with Crippen LogP contribution in [0.3, 0.4) is 0 Å². The number of carbonyl (C=O) groups excluding carboxylic acids is 1. The summed E-state index contributed by atoms with van der Waals surface area (Å²) in [5, 5.41) is 5.97. The molecule has 4 nitrogen and oxygen atoms in total. The second kappa shape index (κ2) is 6.91. The van der Waals surface area contributed by atoms with Gasteiger partial charge in [0.1, 0.15) is 0 Å². The van der Waals surface area contributed by atoms with Crippen molar-refractivity contribution in [1.82, 2.24) is 4.90 Å². The molecule has 94 valence electrons. The number of rotatable bonds is 7. The first kappa shape index (κ1) is 13.5. The smallest absolute Gasteiger partial charge is 0.211 e. The van der Waals surface area contributed by atoms with E-state index in [4.69, 9.17) is 0 Å². The number of nitrogens with one attached hydrogen (secondary N) is 2. The van der Waals surface area contributed by atoms with Crippen LogP contribution in [0.4, 0.5) is 11.4 Å². The average molecular weight is 235 g/mol. The van der Waals surface area contributed by atoms with E-state index in [0.717, 1.165) is 24.3 Å². The molecule has 1 amide bonds. The highest BCUT2D eigenvalue weighted by Crippen LogP contribution is 2.13. The molecule has 0 radical (unpaired) electrons. The lowest BCUT2D eigenvalue weighted by Crippen LogP contribution is -2.26. The third-order valence-corrected chi connectivity index (χ3v) is 2.88. The number of hydrogen-bond acceptors (Lipinski definition) is 3. The summed E-state index contributed by atoms with van der Waals surface area (Å²) in [6.07, 6.45) is 1.78. The molecule has 1 unspecified atom stereocenters. The van der Waals surface area contributed by atoms with Gasteiger partial charge in [-0.2, -0.15) is 0 Å². The van der Waals surface area contributed by atoms with Gasteiger partial charge in [-0.3, -0.25) is 4.79 Å². The first-order chi connectivity index (χ1) is 8.13. The number of carbonyl (C=O) groups is 1. The van der Waals surface area contributed by atoms with Crippen molar-refractivity contribution >= 4 is 17.8 Å². The molecule has 0 saturated heterocycles. The number of nitrogens with zero attached hydrogens (tertiary/aromatic N) is 1. The molecule has 0 fully saturated rings. The molecule has 0 saturated carbocycles. The fourth-order valence-electron chi connectivity index (χ4n) is 1.44. The van der Waals surface area contributed by atoms with E-state index in [1.165, 1.54) is 0 Å². The standard InChI is InChI=1S/C13H21N3O/c1-11(16(2)3)8-9-14-12-4-6-13(7-5-12)15-10-17/h4-7,10-11,14H,8-9H2,1-3H3,(H,15,17). The summed E-state index contributed by atoms with van der Waals surface area (Å²) in [5.41, 5.74) is 1.89. The van der Waals surface area contributed by atoms with Crippen LogP contribution < -0.4 is 10.6 Å². The highest BCUT2D eigenvalue weighted by Gasteiger charge is 2.03. The molecule has 0 aliphatic rings. The van der Waals surface area contributed by atoms with Gasteiger partial charge in [0.05, 0.1) is 0 Å². The largest absolute Gasteiger partial charge is 0.385 e. The van der Waals surface area contributed by atoms with Crippen molar-refractivity contribution in [3.8, 4) is 0 Å². The zero-order valence-corrected chi connectivity index (χ0v) is 10.7. The van der Waals surface area contributed by atoms with Crippen molar-refractivity contribution < 1.29 is 4.79 Å². The van der Waals surface area contributed by atoms with Gasteiger partial charge < -0.3 is 15.5 Å². The van der Waals surface area contributed by atoms with Gasteiger partial charge in [-0.05, 0) is 51.7 Å². The highest BCUT2D eigenvalue weighted by atomic mass is 16.1. The summed E-state index contributed by atoms with van der Waals surface area (Å²) >= 11 is 0. The van der Waals surface area contributed by atoms with Crippen molar-refractivity contribution in [2.45, 2.75) is 19.4 Å². The molecule has 0 aliphatic carbocycles. The Balaban J connectivity index is 2.34. The lowest BCUT2D eigenvalue weighted by molar-refractivity contribution is -0.105. The Morgan fingerprint density at radius 3 is 2.35 bits per heavy atom. The Labute approximate surface area is 103 Å². The Hall–Kier alpha value is -1.55. The highest BCUT2D eigenvalue weighted by molar-refractivity contribution is 5.72. The molecule has 1 aromatic rings. The third-order valence-electron chi connectivity index (χ3n) is 2.88. The fraction of sp³-hybridized carbons (Fsp3) is 0.462. The van der Waals surface area contributed by atoms with Crippen LogP contribution in [0, 0.1) is 0 Å². The van der Waals surface area contributed by atoms with Crippen LogP contribution in [0.2, 0.25) is 0 Å². The summed E-state index contributed by atoms with van der Waals surface area (Å²) < 4.78 is 0. The number of benzene rings is 1. The topological polar surface area (TPSA) is 44.4 Å². The van der Waals surface area contributed by atoms with Gasteiger partial charge in [-0.1, -0.05) is 0 Å². The normalized spacial score (nSPS) is 12.2. The summed E-state index contributed by atoms with van der Waals surface area (Å²) in [5.74, 6) is 0. The van der Waals surface area contributed by atoms with E-state index < -0.39 is 0 Å². The van der Waals surface area contributed by atoms with E-state index in [1.54, 1.807) is 0 Å². The van der Waals surface area contributed by atoms with Crippen LogP contribution in [-0.2, 0) is 4.79 Å². The maximum absolute atomic E-state index is 10.2. The number of hydrogen-bond donors (Lipinski definition) is 2. The van der Waals surface area contributed by atoms with E-state index in [-0.39, 0.29) is 0 Å². The summed E-state index contributed by atoms with van der Waals surface area (Å²) in [7, 11) is 4.18. The van der Waals surface area contributed by atoms with E-state index in [9.17, 15) is 4.79 Å². The Bertz CT molecular complexity index is 335. The second-order valence-corrected chi connectivity index (χ2v) is 4.37. The van der Waals surface area contributed by atoms with Gasteiger partial charge in [-0.15, -0.1) is 0 Å². The molecule has 17 heavy (non-hydrogen) atoms. The molecule has 4 heteroatoms. The van der Waals surface area contributed by atoms with Gasteiger partial charge >= 0.3 is 0 Å². The van der Waals surface area contributed by atoms with Gasteiger partial charge in [0.25, 0.3) is 0 Å². The van der Waals surface area contributed by atoms with E-state index >= 15 is 0 Å². The van der Waals surface area contributed by atoms with Crippen LogP contribution in [0.25, 0.3) is 0 Å². The maximum atomic E-state index is 10.2. The monoisotopic (exact) mass is 235 g/mol. The van der Waals surface area contributed by atoms with Crippen LogP contribution in [-0.4, -0.2) is 38.0 Å². The van der Waals surface area contributed by atoms with E-state index in [2.05, 4.69) is 36.6 Å². The first-order valence-corrected chi connectivity index (χ1v) is 5.84. The molecule has 1 rings (SSSR count). The minimum atomic E-state index is 0.568. The SMILES string of the molecule is CC(CCNc1ccc(NC=O)cc1)N(C)C. The van der Waals surface area contributed by atoms with Crippen molar-refractivity contribution in [1.29, 1.82) is 0 Å². The van der Waals surface area contributed by atoms with Gasteiger partial charge in [-0.25, -0.2) is 0 Å². The van der Waals surface area contributed by atoms with Crippen molar-refractivity contribution in [2.24, 2.45) is 0 Å². The van der Waals surface area contributed by atoms with Crippen LogP contribution >= 0.6 is 0 Å². The maximum Gasteiger partial charge on any atom is 0.211 e. The quantitative estimate of drug-likeness (QED) is 0.711. The third kappa shape index (κ3) is 4.87. The van der Waals surface area contributed by atoms with Gasteiger partial charge in [0.2, 0.25) is 6.41 Å². The Morgan fingerprint density at radius 2 is 1.82 bits per heavy atom. The molecule has 1 atom stereocenters. The summed E-state index contributed by atoms with van der Waals surface area (Å²) in [4.78, 5) is 12.4. The summed E-state index contributed by atoms with van der Waals surface area (Å²) in [6, 6.07) is 8.26. The minimum Gasteiger partial charge on any atom is -0.385 e. The summed E-state index contributed by atoms with van der Waals surface area (Å²) in [6.45, 7) is 3.15. The number of amides is 1. The Kier molecular flexibility index (Phi) is 5.49.